The van der Waals surface area contributed by atoms with E-state index < -0.39 is 16.6 Å². The Labute approximate surface area is 308 Å². The zero-order chi connectivity index (χ0) is 37.2. The fourth-order valence-electron chi connectivity index (χ4n) is 6.47. The molecule has 1 aliphatic rings. The van der Waals surface area contributed by atoms with Crippen LogP contribution in [0.5, 0.6) is 5.75 Å². The van der Waals surface area contributed by atoms with Crippen molar-refractivity contribution in [1.29, 1.82) is 0 Å². The Morgan fingerprint density at radius 3 is 2.62 bits per heavy atom. The largest absolute Gasteiger partial charge is 0.485 e. The van der Waals surface area contributed by atoms with Crippen LogP contribution in [0.1, 0.15) is 43.9 Å². The number of hydrogen-bond donors (Lipinski definition) is 2. The summed E-state index contributed by atoms with van der Waals surface area (Å²) in [6.07, 6.45) is 7.44. The number of ether oxygens (including phenoxy) is 1. The van der Waals surface area contributed by atoms with Crippen molar-refractivity contribution < 1.29 is 22.5 Å². The van der Waals surface area contributed by atoms with Gasteiger partial charge in [-0.25, -0.2) is 13.6 Å². The van der Waals surface area contributed by atoms with E-state index in [1.165, 1.54) is 28.5 Å². The van der Waals surface area contributed by atoms with Crippen LogP contribution in [0.15, 0.2) is 81.7 Å². The van der Waals surface area contributed by atoms with Crippen LogP contribution in [0.4, 0.5) is 27.4 Å². The van der Waals surface area contributed by atoms with E-state index in [0.29, 0.717) is 35.3 Å². The van der Waals surface area contributed by atoms with Crippen molar-refractivity contribution in [2.75, 3.05) is 49.3 Å². The zero-order valence-corrected chi connectivity index (χ0v) is 30.9. The molecule has 53 heavy (non-hydrogen) atoms. The van der Waals surface area contributed by atoms with Gasteiger partial charge in [-0.05, 0) is 93.7 Å². The second kappa shape index (κ2) is 15.2. The van der Waals surface area contributed by atoms with E-state index in [2.05, 4.69) is 53.7 Å². The molecule has 1 aliphatic heterocycles. The van der Waals surface area contributed by atoms with Crippen LogP contribution in [0, 0.1) is 5.82 Å². The fourth-order valence-corrected chi connectivity index (χ4v) is 7.48. The lowest BCUT2D eigenvalue weighted by Crippen LogP contribution is -2.32. The summed E-state index contributed by atoms with van der Waals surface area (Å²) < 4.78 is 42.4. The third-order valence-corrected chi connectivity index (χ3v) is 10.4. The highest BCUT2D eigenvalue weighted by molar-refractivity contribution is 7.85. The fraction of sp³-hybridized carbons (Fsp3) is 0.324. The molecule has 1 amide bonds. The van der Waals surface area contributed by atoms with Crippen LogP contribution in [0.2, 0.25) is 0 Å². The second-order valence-corrected chi connectivity index (χ2v) is 14.9. The number of H-pyrrole nitrogens is 1. The molecule has 5 heterocycles. The monoisotopic (exact) mass is 740 g/mol. The molecule has 0 spiro atoms. The first-order valence-corrected chi connectivity index (χ1v) is 18.4. The summed E-state index contributed by atoms with van der Waals surface area (Å²) in [5.41, 5.74) is 4.89. The van der Waals surface area contributed by atoms with Gasteiger partial charge in [0.05, 0.1) is 35.9 Å². The molecule has 0 radical (unpaired) electrons. The molecule has 1 saturated heterocycles. The molecular formula is C37H41FN10O4S. The number of likely N-dealkylation sites (tertiary alicyclic amines) is 1. The number of fused-ring (bicyclic) bond motifs is 1. The maximum atomic E-state index is 15.4. The number of nitrogens with one attached hydrogen (secondary N) is 2. The van der Waals surface area contributed by atoms with Crippen molar-refractivity contribution >= 4 is 45.9 Å². The minimum absolute atomic E-state index is 0.111. The summed E-state index contributed by atoms with van der Waals surface area (Å²) in [4.78, 5) is 26.8. The van der Waals surface area contributed by atoms with Crippen molar-refractivity contribution in [3.05, 3.63) is 84.4 Å². The number of halogens is 1. The van der Waals surface area contributed by atoms with Gasteiger partial charge in [-0.15, -0.1) is 5.10 Å². The Balaban J connectivity index is 0.987. The smallest absolute Gasteiger partial charge is 0.247 e. The van der Waals surface area contributed by atoms with Gasteiger partial charge in [0.25, 0.3) is 0 Å². The molecule has 16 heteroatoms. The first-order valence-electron chi connectivity index (χ1n) is 17.3. The quantitative estimate of drug-likeness (QED) is 0.135. The molecule has 0 aliphatic carbocycles. The van der Waals surface area contributed by atoms with E-state index in [1.807, 2.05) is 38.9 Å². The molecular weight excluding hydrogens is 700 g/mol. The first kappa shape index (κ1) is 35.8. The molecule has 6 aromatic rings. The average molecular weight is 741 g/mol. The van der Waals surface area contributed by atoms with Crippen LogP contribution in [0.25, 0.3) is 16.9 Å². The first-order chi connectivity index (χ1) is 25.6. The number of amides is 1. The molecule has 1 unspecified atom stereocenters. The summed E-state index contributed by atoms with van der Waals surface area (Å²) in [7, 11) is 3.98. The summed E-state index contributed by atoms with van der Waals surface area (Å²) in [5.74, 6) is 1.00. The standard InChI is InChI=1S/C37H41FN10O4S/c1-23(2)51-35-34(26-18-40-41-19-26)39-21-48-36(35)43-37(44-48)42-30-9-8-28(17-29(30)38)53(50)33-11-7-27(52-33)20-47-14-12-24(13-15-47)25-6-10-31(45(3)4)32(16-25)46(5)22-49/h6-11,16-19,21-24H,12-15,20H2,1-5H3,(H,40,41)(H,42,44). The van der Waals surface area contributed by atoms with Gasteiger partial charge < -0.3 is 24.3 Å². The third-order valence-electron chi connectivity index (χ3n) is 9.15. The normalized spacial score (nSPS) is 14.5. The third kappa shape index (κ3) is 7.64. The summed E-state index contributed by atoms with van der Waals surface area (Å²) in [5, 5.41) is 14.4. The molecule has 1 fully saturated rings. The second-order valence-electron chi connectivity index (χ2n) is 13.4. The molecule has 14 nitrogen and oxygen atoms in total. The number of aromatic nitrogens is 6. The van der Waals surface area contributed by atoms with Gasteiger partial charge in [-0.3, -0.25) is 14.8 Å². The number of furan rings is 1. The number of anilines is 4. The van der Waals surface area contributed by atoms with Gasteiger partial charge in [0.15, 0.2) is 10.8 Å². The van der Waals surface area contributed by atoms with Crippen molar-refractivity contribution in [2.24, 2.45) is 0 Å². The number of piperidine rings is 1. The lowest BCUT2D eigenvalue weighted by molar-refractivity contribution is -0.107. The highest BCUT2D eigenvalue weighted by Gasteiger charge is 2.24. The van der Waals surface area contributed by atoms with Gasteiger partial charge in [0.2, 0.25) is 18.0 Å². The van der Waals surface area contributed by atoms with E-state index in [-0.39, 0.29) is 27.7 Å². The Bertz CT molecular complexity index is 2250. The van der Waals surface area contributed by atoms with Gasteiger partial charge in [0, 0.05) is 37.8 Å². The van der Waals surface area contributed by atoms with Crippen LogP contribution in [-0.4, -0.2) is 85.6 Å². The van der Waals surface area contributed by atoms with Gasteiger partial charge in [-0.1, -0.05) is 6.07 Å². The number of benzene rings is 2. The van der Waals surface area contributed by atoms with E-state index >= 15 is 4.39 Å². The summed E-state index contributed by atoms with van der Waals surface area (Å²) in [6, 6.07) is 14.2. The molecule has 4 aromatic heterocycles. The van der Waals surface area contributed by atoms with E-state index in [4.69, 9.17) is 9.15 Å². The van der Waals surface area contributed by atoms with Crippen molar-refractivity contribution in [1.82, 2.24) is 34.7 Å². The molecule has 276 valence electrons. The molecule has 0 saturated carbocycles. The van der Waals surface area contributed by atoms with Gasteiger partial charge in [0.1, 0.15) is 34.4 Å². The molecule has 1 atom stereocenters. The maximum absolute atomic E-state index is 15.4. The Morgan fingerprint density at radius 1 is 1.11 bits per heavy atom. The minimum atomic E-state index is -1.73. The van der Waals surface area contributed by atoms with Crippen LogP contribution < -0.4 is 19.9 Å². The predicted octanol–water partition coefficient (Wildman–Crippen LogP) is 5.98. The Hall–Kier alpha value is -5.61. The summed E-state index contributed by atoms with van der Waals surface area (Å²) in [6.45, 7) is 6.11. The lowest BCUT2D eigenvalue weighted by atomic mass is 9.88. The minimum Gasteiger partial charge on any atom is -0.485 e. The van der Waals surface area contributed by atoms with Gasteiger partial charge >= 0.3 is 0 Å². The number of carbonyl (C=O) groups is 1. The topological polar surface area (TPSA) is 150 Å². The number of aromatic amines is 1. The van der Waals surface area contributed by atoms with Crippen molar-refractivity contribution in [3.63, 3.8) is 0 Å². The Morgan fingerprint density at radius 2 is 1.92 bits per heavy atom. The van der Waals surface area contributed by atoms with E-state index in [1.54, 1.807) is 36.5 Å². The molecule has 2 aromatic carbocycles. The molecule has 2 N–H and O–H groups in total. The average Bonchev–Trinajstić information content (AvgIpc) is 3.94. The number of hydrogen-bond acceptors (Lipinski definition) is 11. The highest BCUT2D eigenvalue weighted by atomic mass is 32.2. The van der Waals surface area contributed by atoms with E-state index in [0.717, 1.165) is 49.3 Å². The number of carbonyl (C=O) groups excluding carboxylic acids is 1. The van der Waals surface area contributed by atoms with Crippen LogP contribution in [0.3, 0.4) is 0 Å². The summed E-state index contributed by atoms with van der Waals surface area (Å²) >= 11 is 0. The Kier molecular flexibility index (Phi) is 10.2. The molecule has 0 bridgehead atoms. The van der Waals surface area contributed by atoms with E-state index in [9.17, 15) is 9.00 Å². The lowest BCUT2D eigenvalue weighted by Gasteiger charge is -2.32. The highest BCUT2D eigenvalue weighted by Crippen LogP contribution is 2.36. The zero-order valence-electron chi connectivity index (χ0n) is 30.1. The molecule has 7 rings (SSSR count). The van der Waals surface area contributed by atoms with Crippen molar-refractivity contribution in [3.8, 4) is 17.0 Å². The van der Waals surface area contributed by atoms with Crippen LogP contribution in [-0.2, 0) is 22.1 Å². The predicted molar refractivity (Wildman–Crippen MR) is 200 cm³/mol. The van der Waals surface area contributed by atoms with Crippen LogP contribution >= 0.6 is 0 Å². The maximum Gasteiger partial charge on any atom is 0.247 e. The SMILES string of the molecule is CC(C)Oc1c(-c2cn[nH]c2)ncn2nc(Nc3ccc(S(=O)c4ccc(CN5CCC(c6ccc(N(C)C)c(N(C)C=O)c6)CC5)o4)cc3F)nc12. The van der Waals surface area contributed by atoms with Crippen molar-refractivity contribution in [2.45, 2.75) is 55.2 Å². The van der Waals surface area contributed by atoms with Gasteiger partial charge in [-0.2, -0.15) is 14.6 Å². The number of nitrogens with zero attached hydrogens (tertiary/aromatic N) is 8. The number of rotatable bonds is 13.